The van der Waals surface area contributed by atoms with Crippen LogP contribution in [0.15, 0.2) is 17.7 Å². The van der Waals surface area contributed by atoms with Crippen LogP contribution in [0.5, 0.6) is 0 Å². The molecule has 2 aliphatic carbocycles. The maximum absolute atomic E-state index is 2.38. The van der Waals surface area contributed by atoms with Gasteiger partial charge in [-0.1, -0.05) is 0 Å². The van der Waals surface area contributed by atoms with Crippen molar-refractivity contribution < 1.29 is 24.7 Å². The molecule has 1 aromatic rings. The fraction of sp³-hybridized carbons (Fsp3) is 0.250. The zero-order valence-electron chi connectivity index (χ0n) is 10.7. The molecule has 0 aromatic heterocycles. The molecular formula is C16H15Zr. The summed E-state index contributed by atoms with van der Waals surface area (Å²) in [5.41, 5.74) is 8.78. The zero-order chi connectivity index (χ0) is 12.3. The Bertz CT molecular complexity index is 728. The van der Waals surface area contributed by atoms with Crippen molar-refractivity contribution in [3.05, 3.63) is 44.8 Å². The van der Waals surface area contributed by atoms with Crippen molar-refractivity contribution in [2.24, 2.45) is 0 Å². The van der Waals surface area contributed by atoms with Crippen molar-refractivity contribution in [2.75, 3.05) is 0 Å². The Hall–Kier alpha value is -0.677. The van der Waals surface area contributed by atoms with Crippen molar-refractivity contribution >= 4 is 20.5 Å². The van der Waals surface area contributed by atoms with E-state index in [1.807, 2.05) is 0 Å². The third-order valence-corrected chi connectivity index (χ3v) is 5.68. The molecule has 17 heavy (non-hydrogen) atoms. The van der Waals surface area contributed by atoms with Gasteiger partial charge in [0.1, 0.15) is 0 Å². The molecule has 2 aliphatic rings. The van der Waals surface area contributed by atoms with Gasteiger partial charge in [0.2, 0.25) is 0 Å². The summed E-state index contributed by atoms with van der Waals surface area (Å²) in [6.45, 7) is 9.02. The van der Waals surface area contributed by atoms with Gasteiger partial charge in [-0.15, -0.1) is 0 Å². The summed E-state index contributed by atoms with van der Waals surface area (Å²) in [7, 11) is 0. The van der Waals surface area contributed by atoms with Crippen LogP contribution in [-0.4, -0.2) is 0 Å². The molecule has 0 nitrogen and oxygen atoms in total. The third-order valence-electron chi connectivity index (χ3n) is 4.10. The third kappa shape index (κ3) is 1.38. The van der Waals surface area contributed by atoms with Gasteiger partial charge in [0.05, 0.1) is 0 Å². The van der Waals surface area contributed by atoms with E-state index in [9.17, 15) is 0 Å². The average molecular weight is 299 g/mol. The van der Waals surface area contributed by atoms with E-state index in [0.717, 1.165) is 0 Å². The predicted molar refractivity (Wildman–Crippen MR) is 70.2 cm³/mol. The van der Waals surface area contributed by atoms with Gasteiger partial charge in [-0.3, -0.25) is 0 Å². The number of allylic oxidation sites excluding steroid dienone is 3. The van der Waals surface area contributed by atoms with E-state index in [2.05, 4.69) is 45.9 Å². The first kappa shape index (κ1) is 11.4. The summed E-state index contributed by atoms with van der Waals surface area (Å²) in [6.07, 6.45) is 4.49. The maximum atomic E-state index is 2.38. The van der Waals surface area contributed by atoms with Crippen LogP contribution in [0.25, 0.3) is 20.5 Å². The predicted octanol–water partition coefficient (Wildman–Crippen LogP) is 2.65. The molecule has 0 bridgehead atoms. The monoisotopic (exact) mass is 297 g/mol. The van der Waals surface area contributed by atoms with Crippen molar-refractivity contribution in [3.8, 4) is 0 Å². The quantitative estimate of drug-likeness (QED) is 0.691. The molecule has 1 aromatic carbocycles. The minimum absolute atomic E-state index is 1.40. The zero-order valence-corrected chi connectivity index (χ0v) is 13.2. The van der Waals surface area contributed by atoms with Crippen LogP contribution in [0.2, 0.25) is 0 Å². The van der Waals surface area contributed by atoms with Crippen molar-refractivity contribution in [1.29, 1.82) is 0 Å². The van der Waals surface area contributed by atoms with Crippen LogP contribution in [0.3, 0.4) is 0 Å². The second-order valence-corrected chi connectivity index (χ2v) is 6.26. The van der Waals surface area contributed by atoms with Crippen molar-refractivity contribution in [1.82, 2.24) is 0 Å². The van der Waals surface area contributed by atoms with Crippen molar-refractivity contribution in [3.63, 3.8) is 0 Å². The molecule has 83 valence electrons. The van der Waals surface area contributed by atoms with Gasteiger partial charge in [-0.05, 0) is 0 Å². The van der Waals surface area contributed by atoms with Crippen LogP contribution in [-0.2, 0) is 24.7 Å². The molecule has 0 radical (unpaired) electrons. The number of fused-ring (bicyclic) bond motifs is 2. The molecule has 0 N–H and O–H groups in total. The molecular weight excluding hydrogens is 283 g/mol. The molecule has 0 aliphatic heterocycles. The molecule has 0 atom stereocenters. The summed E-state index contributed by atoms with van der Waals surface area (Å²) in [5, 5.41) is 2.90. The van der Waals surface area contributed by atoms with Gasteiger partial charge in [0.15, 0.2) is 0 Å². The Balaban J connectivity index is 2.52. The van der Waals surface area contributed by atoms with E-state index < -0.39 is 0 Å². The summed E-state index contributed by atoms with van der Waals surface area (Å²) in [6, 6.07) is 2.38. The minimum atomic E-state index is 1.40. The fourth-order valence-electron chi connectivity index (χ4n) is 3.05. The Morgan fingerprint density at radius 1 is 0.941 bits per heavy atom. The van der Waals surface area contributed by atoms with Gasteiger partial charge < -0.3 is 0 Å². The molecule has 3 rings (SSSR count). The number of rotatable bonds is 0. The Morgan fingerprint density at radius 3 is 2.35 bits per heavy atom. The van der Waals surface area contributed by atoms with Gasteiger partial charge in [0, 0.05) is 0 Å². The first-order chi connectivity index (χ1) is 8.02. The van der Waals surface area contributed by atoms with Crippen LogP contribution in [0.4, 0.5) is 0 Å². The van der Waals surface area contributed by atoms with Crippen LogP contribution in [0, 0.1) is 6.92 Å². The van der Waals surface area contributed by atoms with E-state index in [1.165, 1.54) is 71.8 Å². The Kier molecular flexibility index (Phi) is 2.46. The fourth-order valence-corrected chi connectivity index (χ4v) is 4.00. The summed E-state index contributed by atoms with van der Waals surface area (Å²) < 4.78 is 1.54. The second-order valence-electron chi connectivity index (χ2n) is 5.03. The van der Waals surface area contributed by atoms with Crippen LogP contribution < -0.4 is 10.4 Å². The molecule has 1 heteroatoms. The number of hydrogen-bond acceptors (Lipinski definition) is 0. The Morgan fingerprint density at radius 2 is 1.65 bits per heavy atom. The van der Waals surface area contributed by atoms with Crippen LogP contribution in [0.1, 0.15) is 37.5 Å². The van der Waals surface area contributed by atoms with Crippen molar-refractivity contribution in [2.45, 2.75) is 27.7 Å². The molecule has 0 spiro atoms. The summed E-state index contributed by atoms with van der Waals surface area (Å²) in [5.74, 6) is 0. The molecule has 0 unspecified atom stereocenters. The van der Waals surface area contributed by atoms with Gasteiger partial charge in [-0.2, -0.15) is 0 Å². The van der Waals surface area contributed by atoms with E-state index in [1.54, 1.807) is 0 Å². The first-order valence-electron chi connectivity index (χ1n) is 5.99. The first-order valence-corrected chi connectivity index (χ1v) is 7.22. The van der Waals surface area contributed by atoms with Gasteiger partial charge >= 0.3 is 118 Å². The normalized spacial score (nSPS) is 16.9. The van der Waals surface area contributed by atoms with Crippen LogP contribution >= 0.6 is 0 Å². The van der Waals surface area contributed by atoms with E-state index >= 15 is 0 Å². The second kappa shape index (κ2) is 3.66. The topological polar surface area (TPSA) is 0 Å². The van der Waals surface area contributed by atoms with Gasteiger partial charge in [-0.25, -0.2) is 0 Å². The molecule has 0 fully saturated rings. The Labute approximate surface area is 117 Å². The molecule has 0 amide bonds. The standard InChI is InChI=1S/C16H15.Zr/c1-9-5-6-13-8-14-7-10(2)11(3)16(14)12(4)15(9)13;/h5-6,8H,1-4H3;. The molecule has 0 heterocycles. The molecule has 0 saturated carbocycles. The SMILES string of the molecule is CC1=CC=c2cc3c(c(C)c21)=C(C)C(C)=[C]3[Zr]. The van der Waals surface area contributed by atoms with E-state index in [-0.39, 0.29) is 0 Å². The number of benzene rings is 1. The molecule has 0 saturated heterocycles. The number of hydrogen-bond donors (Lipinski definition) is 0. The van der Waals surface area contributed by atoms with Gasteiger partial charge in [0.25, 0.3) is 0 Å². The summed E-state index contributed by atoms with van der Waals surface area (Å²) >= 11 is 1.53. The summed E-state index contributed by atoms with van der Waals surface area (Å²) in [4.78, 5) is 0. The average Bonchev–Trinajstić information content (AvgIpc) is 2.76. The van der Waals surface area contributed by atoms with E-state index in [4.69, 9.17) is 0 Å². The van der Waals surface area contributed by atoms with E-state index in [0.29, 0.717) is 0 Å².